The molecule has 3 nitrogen and oxygen atoms in total. The molecular formula is H3NbO3. The van der Waals surface area contributed by atoms with Gasteiger partial charge >= 0.3 is 22.4 Å². The zero-order valence-electron chi connectivity index (χ0n) is 1.79. The first-order chi connectivity index (χ1) is 0. The fourth-order valence-electron chi connectivity index (χ4n) is 0. The van der Waals surface area contributed by atoms with Crippen LogP contribution in [0.1, 0.15) is 0 Å². The van der Waals surface area contributed by atoms with E-state index < -0.39 is 0 Å². The van der Waals surface area contributed by atoms with E-state index in [0.29, 0.717) is 0 Å². The van der Waals surface area contributed by atoms with Crippen LogP contribution in [0.25, 0.3) is 0 Å². The Hall–Kier alpha value is 0.620. The maximum atomic E-state index is 0. The smallest absolute Gasteiger partial charge is 0.870 e. The van der Waals surface area contributed by atoms with Gasteiger partial charge in [-0.3, -0.25) is 0 Å². The summed E-state index contributed by atoms with van der Waals surface area (Å²) in [5.41, 5.74) is 0. The summed E-state index contributed by atoms with van der Waals surface area (Å²) in [6, 6.07) is 0. The van der Waals surface area contributed by atoms with Crippen LogP contribution in [-0.2, 0) is 22.4 Å². The molecule has 26 valence electrons. The van der Waals surface area contributed by atoms with E-state index in [1.54, 1.807) is 0 Å². The minimum absolute atomic E-state index is 0. The monoisotopic (exact) mass is 144 g/mol. The SMILES string of the molecule is [Nb+3].[OH-].[OH-].[OH-]. The molecule has 0 aromatic carbocycles. The van der Waals surface area contributed by atoms with Crippen LogP contribution in [0.3, 0.4) is 0 Å². The summed E-state index contributed by atoms with van der Waals surface area (Å²) < 4.78 is 0. The summed E-state index contributed by atoms with van der Waals surface area (Å²) in [6.07, 6.45) is 0. The summed E-state index contributed by atoms with van der Waals surface area (Å²) >= 11 is 0. The summed E-state index contributed by atoms with van der Waals surface area (Å²) in [5, 5.41) is 0. The molecule has 0 spiro atoms. The van der Waals surface area contributed by atoms with Crippen LogP contribution in [0.2, 0.25) is 0 Å². The first-order valence-corrected chi connectivity index (χ1v) is 0. The Balaban J connectivity index is 0. The van der Waals surface area contributed by atoms with Gasteiger partial charge in [0.15, 0.2) is 0 Å². The van der Waals surface area contributed by atoms with E-state index in [0.717, 1.165) is 0 Å². The third-order valence-electron chi connectivity index (χ3n) is 0. The van der Waals surface area contributed by atoms with Crippen LogP contribution in [0, 0.1) is 0 Å². The van der Waals surface area contributed by atoms with Crippen molar-refractivity contribution in [2.45, 2.75) is 0 Å². The molecule has 0 amide bonds. The third-order valence-corrected chi connectivity index (χ3v) is 0. The maximum Gasteiger partial charge on any atom is 3.00 e. The molecular weight excluding hydrogens is 141 g/mol. The third kappa shape index (κ3) is 17.9. The van der Waals surface area contributed by atoms with Crippen molar-refractivity contribution < 1.29 is 38.8 Å². The molecule has 0 radical (unpaired) electrons. The van der Waals surface area contributed by atoms with Crippen molar-refractivity contribution in [1.82, 2.24) is 0 Å². The fourth-order valence-corrected chi connectivity index (χ4v) is 0. The van der Waals surface area contributed by atoms with Crippen molar-refractivity contribution >= 4 is 0 Å². The van der Waals surface area contributed by atoms with Gasteiger partial charge in [-0.15, -0.1) is 0 Å². The molecule has 3 N–H and O–H groups in total. The molecule has 0 aliphatic rings. The Bertz CT molecular complexity index is 3.25. The molecule has 0 aliphatic carbocycles. The van der Waals surface area contributed by atoms with E-state index in [1.807, 2.05) is 0 Å². The van der Waals surface area contributed by atoms with E-state index in [9.17, 15) is 0 Å². The summed E-state index contributed by atoms with van der Waals surface area (Å²) in [7, 11) is 0. The zero-order valence-corrected chi connectivity index (χ0v) is 3.99. The Morgan fingerprint density at radius 2 is 0.500 bits per heavy atom. The van der Waals surface area contributed by atoms with Crippen LogP contribution >= 0.6 is 0 Å². The maximum absolute atomic E-state index is 0. The molecule has 0 aromatic rings. The minimum Gasteiger partial charge on any atom is -0.870 e. The van der Waals surface area contributed by atoms with Gasteiger partial charge in [-0.05, 0) is 0 Å². The second-order valence-electron chi connectivity index (χ2n) is 0. The van der Waals surface area contributed by atoms with Crippen LogP contribution in [-0.4, -0.2) is 16.4 Å². The molecule has 4 heavy (non-hydrogen) atoms. The Morgan fingerprint density at radius 3 is 0.500 bits per heavy atom. The zero-order chi connectivity index (χ0) is 0. The van der Waals surface area contributed by atoms with Gasteiger partial charge in [-0.25, -0.2) is 0 Å². The molecule has 0 aliphatic heterocycles. The van der Waals surface area contributed by atoms with Crippen LogP contribution < -0.4 is 0 Å². The molecule has 0 unspecified atom stereocenters. The second kappa shape index (κ2) is 64.6. The largest absolute Gasteiger partial charge is 3.00 e. The summed E-state index contributed by atoms with van der Waals surface area (Å²) in [5.74, 6) is 0. The Morgan fingerprint density at radius 1 is 0.500 bits per heavy atom. The van der Waals surface area contributed by atoms with E-state index >= 15 is 0 Å². The summed E-state index contributed by atoms with van der Waals surface area (Å²) in [4.78, 5) is 0. The van der Waals surface area contributed by atoms with Gasteiger partial charge in [0.2, 0.25) is 0 Å². The van der Waals surface area contributed by atoms with Crippen molar-refractivity contribution in [3.8, 4) is 0 Å². The standard InChI is InChI=1S/Nb.3H2O/h;3*1H2/q+3;;;/p-3. The molecule has 0 rings (SSSR count). The van der Waals surface area contributed by atoms with E-state index in [4.69, 9.17) is 0 Å². The summed E-state index contributed by atoms with van der Waals surface area (Å²) in [6.45, 7) is 0. The van der Waals surface area contributed by atoms with Gasteiger partial charge in [0.05, 0.1) is 0 Å². The van der Waals surface area contributed by atoms with Gasteiger partial charge in [0.25, 0.3) is 0 Å². The van der Waals surface area contributed by atoms with E-state index in [-0.39, 0.29) is 38.8 Å². The van der Waals surface area contributed by atoms with E-state index in [2.05, 4.69) is 0 Å². The average molecular weight is 144 g/mol. The quantitative estimate of drug-likeness (QED) is 0.427. The first-order valence-electron chi connectivity index (χ1n) is 0. The number of hydrogen-bond donors (Lipinski definition) is 0. The van der Waals surface area contributed by atoms with Crippen LogP contribution in [0.15, 0.2) is 0 Å². The molecule has 0 fully saturated rings. The predicted molar refractivity (Wildman–Crippen MR) is 5.81 cm³/mol. The first kappa shape index (κ1) is 157. The Labute approximate surface area is 39.4 Å². The van der Waals surface area contributed by atoms with Gasteiger partial charge in [-0.1, -0.05) is 0 Å². The van der Waals surface area contributed by atoms with E-state index in [1.165, 1.54) is 0 Å². The van der Waals surface area contributed by atoms with Gasteiger partial charge < -0.3 is 16.4 Å². The molecule has 0 bridgehead atoms. The van der Waals surface area contributed by atoms with Crippen molar-refractivity contribution in [3.63, 3.8) is 0 Å². The van der Waals surface area contributed by atoms with Crippen LogP contribution in [0.5, 0.6) is 0 Å². The van der Waals surface area contributed by atoms with Crippen molar-refractivity contribution in [3.05, 3.63) is 0 Å². The second-order valence-corrected chi connectivity index (χ2v) is 0. The topological polar surface area (TPSA) is 90.0 Å². The minimum atomic E-state index is 0. The Kier molecular flexibility index (Phi) is 2540. The molecule has 0 saturated heterocycles. The molecule has 0 atom stereocenters. The molecule has 0 heterocycles. The van der Waals surface area contributed by atoms with Crippen molar-refractivity contribution in [2.75, 3.05) is 0 Å². The number of rotatable bonds is 0. The normalized spacial score (nSPS) is 0. The fraction of sp³-hybridized carbons (Fsp3) is 0. The number of hydrogen-bond acceptors (Lipinski definition) is 3. The van der Waals surface area contributed by atoms with Gasteiger partial charge in [0, 0.05) is 0 Å². The van der Waals surface area contributed by atoms with Crippen molar-refractivity contribution in [2.24, 2.45) is 0 Å². The molecule has 0 saturated carbocycles. The van der Waals surface area contributed by atoms with Crippen molar-refractivity contribution in [1.29, 1.82) is 0 Å². The van der Waals surface area contributed by atoms with Crippen LogP contribution in [0.4, 0.5) is 0 Å². The average Bonchev–Trinajstić information content (AvgIpc) is 0. The van der Waals surface area contributed by atoms with Gasteiger partial charge in [0.1, 0.15) is 0 Å². The molecule has 0 aromatic heterocycles. The molecule has 4 heteroatoms. The van der Waals surface area contributed by atoms with Gasteiger partial charge in [-0.2, -0.15) is 0 Å². The predicted octanol–water partition coefficient (Wildman–Crippen LogP) is -0.533.